The van der Waals surface area contributed by atoms with E-state index in [1.54, 1.807) is 30.3 Å². The largest absolute Gasteiger partial charge is 0.497 e. The number of carbonyl (C=O) groups is 1. The Morgan fingerprint density at radius 3 is 2.68 bits per heavy atom. The van der Waals surface area contributed by atoms with Crippen LogP contribution in [0, 0.1) is 5.82 Å². The minimum Gasteiger partial charge on any atom is -0.497 e. The number of ether oxygens (including phenoxy) is 1. The minimum absolute atomic E-state index is 0.0563. The Morgan fingerprint density at radius 2 is 2.05 bits per heavy atom. The maximum Gasteiger partial charge on any atom is 0.170 e. The molecule has 0 heterocycles. The fraction of sp³-hybridized carbons (Fsp3) is 0.133. The van der Waals surface area contributed by atoms with Crippen LogP contribution in [0.15, 0.2) is 42.5 Å². The fourth-order valence-corrected chi connectivity index (χ4v) is 1.99. The first-order valence-corrected chi connectivity index (χ1v) is 6.09. The maximum atomic E-state index is 13.7. The molecule has 19 heavy (non-hydrogen) atoms. The van der Waals surface area contributed by atoms with Gasteiger partial charge in [-0.25, -0.2) is 4.39 Å². The zero-order valence-electron chi connectivity index (χ0n) is 10.3. The second-order valence-electron chi connectivity index (χ2n) is 4.08. The Bertz CT molecular complexity index is 611. The number of carbonyl (C=O) groups excluding carboxylic acids is 1. The minimum atomic E-state index is -0.577. The summed E-state index contributed by atoms with van der Waals surface area (Å²) in [5.41, 5.74) is 0.813. The van der Waals surface area contributed by atoms with E-state index in [2.05, 4.69) is 0 Å². The van der Waals surface area contributed by atoms with E-state index in [0.717, 1.165) is 5.56 Å². The summed E-state index contributed by atoms with van der Waals surface area (Å²) in [6, 6.07) is 11.2. The highest BCUT2D eigenvalue weighted by Crippen LogP contribution is 2.19. The number of Topliss-reactive ketones (excluding diaryl/α,β-unsaturated/α-hetero) is 1. The van der Waals surface area contributed by atoms with E-state index in [9.17, 15) is 9.18 Å². The molecule has 0 fully saturated rings. The Hall–Kier alpha value is -1.87. The van der Waals surface area contributed by atoms with Crippen LogP contribution in [0.25, 0.3) is 0 Å². The molecule has 4 heteroatoms. The molecule has 0 spiro atoms. The van der Waals surface area contributed by atoms with Crippen molar-refractivity contribution in [2.24, 2.45) is 0 Å². The third-order valence-corrected chi connectivity index (χ3v) is 2.97. The normalized spacial score (nSPS) is 10.3. The summed E-state index contributed by atoms with van der Waals surface area (Å²) in [7, 11) is 1.45. The molecule has 0 saturated heterocycles. The third-order valence-electron chi connectivity index (χ3n) is 2.73. The van der Waals surface area contributed by atoms with E-state index in [0.29, 0.717) is 10.8 Å². The fourth-order valence-electron chi connectivity index (χ4n) is 1.78. The van der Waals surface area contributed by atoms with Crippen molar-refractivity contribution in [1.82, 2.24) is 0 Å². The quantitative estimate of drug-likeness (QED) is 0.793. The lowest BCUT2D eigenvalue weighted by molar-refractivity contribution is 0.0989. The standard InChI is InChI=1S/C15H12ClFO2/c1-19-12-5-6-13(14(17)9-12)15(18)8-10-3-2-4-11(16)7-10/h2-7,9H,8H2,1H3. The summed E-state index contributed by atoms with van der Waals surface area (Å²) in [4.78, 5) is 12.0. The van der Waals surface area contributed by atoms with Gasteiger partial charge in [-0.3, -0.25) is 4.79 Å². The smallest absolute Gasteiger partial charge is 0.170 e. The Balaban J connectivity index is 2.20. The zero-order chi connectivity index (χ0) is 13.8. The first-order chi connectivity index (χ1) is 9.10. The SMILES string of the molecule is COc1ccc(C(=O)Cc2cccc(Cl)c2)c(F)c1. The summed E-state index contributed by atoms with van der Waals surface area (Å²) >= 11 is 5.84. The second kappa shape index (κ2) is 5.85. The predicted octanol–water partition coefficient (Wildman–Crippen LogP) is 3.91. The van der Waals surface area contributed by atoms with Crippen LogP contribution in [-0.2, 0) is 6.42 Å². The molecule has 0 saturated carbocycles. The van der Waals surface area contributed by atoms with Gasteiger partial charge in [-0.15, -0.1) is 0 Å². The van der Waals surface area contributed by atoms with Crippen molar-refractivity contribution < 1.29 is 13.9 Å². The van der Waals surface area contributed by atoms with Gasteiger partial charge in [0.15, 0.2) is 5.78 Å². The average Bonchev–Trinajstić information content (AvgIpc) is 2.38. The van der Waals surface area contributed by atoms with E-state index in [4.69, 9.17) is 16.3 Å². The first kappa shape index (κ1) is 13.6. The number of halogens is 2. The molecule has 0 unspecified atom stereocenters. The Labute approximate surface area is 115 Å². The summed E-state index contributed by atoms with van der Waals surface area (Å²) in [6.45, 7) is 0. The van der Waals surface area contributed by atoms with E-state index in [1.807, 2.05) is 0 Å². The molecule has 0 bridgehead atoms. The molecule has 2 nitrogen and oxygen atoms in total. The van der Waals surface area contributed by atoms with Gasteiger partial charge >= 0.3 is 0 Å². The summed E-state index contributed by atoms with van der Waals surface area (Å²) < 4.78 is 18.6. The lowest BCUT2D eigenvalue weighted by Gasteiger charge is -2.05. The van der Waals surface area contributed by atoms with Crippen molar-refractivity contribution in [3.8, 4) is 5.75 Å². The highest BCUT2D eigenvalue weighted by Gasteiger charge is 2.13. The van der Waals surface area contributed by atoms with Gasteiger partial charge in [0.25, 0.3) is 0 Å². The molecular formula is C15H12ClFO2. The molecule has 2 aromatic rings. The molecule has 0 aromatic heterocycles. The summed E-state index contributed by atoms with van der Waals surface area (Å²) in [6.07, 6.45) is 0.115. The summed E-state index contributed by atoms with van der Waals surface area (Å²) in [5.74, 6) is -0.481. The van der Waals surface area contributed by atoms with Crippen LogP contribution in [0.1, 0.15) is 15.9 Å². The van der Waals surface area contributed by atoms with Crippen LogP contribution in [0.5, 0.6) is 5.75 Å². The van der Waals surface area contributed by atoms with Gasteiger partial charge in [0.2, 0.25) is 0 Å². The van der Waals surface area contributed by atoms with Crippen molar-refractivity contribution in [1.29, 1.82) is 0 Å². The van der Waals surface area contributed by atoms with Gasteiger partial charge < -0.3 is 4.74 Å². The van der Waals surface area contributed by atoms with Crippen LogP contribution >= 0.6 is 11.6 Å². The number of rotatable bonds is 4. The lowest BCUT2D eigenvalue weighted by atomic mass is 10.0. The van der Waals surface area contributed by atoms with E-state index in [-0.39, 0.29) is 17.8 Å². The molecule has 0 aliphatic carbocycles. The van der Waals surface area contributed by atoms with Gasteiger partial charge in [0.1, 0.15) is 11.6 Å². The topological polar surface area (TPSA) is 26.3 Å². The molecule has 0 amide bonds. The highest BCUT2D eigenvalue weighted by molar-refractivity contribution is 6.30. The number of hydrogen-bond donors (Lipinski definition) is 0. The van der Waals surface area contributed by atoms with Gasteiger partial charge in [-0.1, -0.05) is 23.7 Å². The molecule has 0 aliphatic heterocycles. The van der Waals surface area contributed by atoms with Gasteiger partial charge in [0.05, 0.1) is 12.7 Å². The Morgan fingerprint density at radius 1 is 1.26 bits per heavy atom. The van der Waals surface area contributed by atoms with Gasteiger partial charge in [-0.05, 0) is 29.8 Å². The van der Waals surface area contributed by atoms with Crippen molar-refractivity contribution in [2.75, 3.05) is 7.11 Å². The number of ketones is 1. The zero-order valence-corrected chi connectivity index (χ0v) is 11.1. The molecular weight excluding hydrogens is 267 g/mol. The van der Waals surface area contributed by atoms with Crippen molar-refractivity contribution in [3.63, 3.8) is 0 Å². The second-order valence-corrected chi connectivity index (χ2v) is 4.51. The molecule has 2 aromatic carbocycles. The van der Waals surface area contributed by atoms with Crippen LogP contribution in [-0.4, -0.2) is 12.9 Å². The molecule has 2 rings (SSSR count). The Kier molecular flexibility index (Phi) is 4.17. The van der Waals surface area contributed by atoms with Gasteiger partial charge in [0, 0.05) is 17.5 Å². The van der Waals surface area contributed by atoms with Crippen molar-refractivity contribution in [2.45, 2.75) is 6.42 Å². The van der Waals surface area contributed by atoms with Crippen LogP contribution in [0.2, 0.25) is 5.02 Å². The highest BCUT2D eigenvalue weighted by atomic mass is 35.5. The number of benzene rings is 2. The van der Waals surface area contributed by atoms with E-state index >= 15 is 0 Å². The molecule has 0 aliphatic rings. The van der Waals surface area contributed by atoms with Crippen molar-refractivity contribution in [3.05, 3.63) is 64.4 Å². The van der Waals surface area contributed by atoms with Crippen LogP contribution in [0.3, 0.4) is 0 Å². The molecule has 0 N–H and O–H groups in total. The molecule has 98 valence electrons. The number of methoxy groups -OCH3 is 1. The van der Waals surface area contributed by atoms with Gasteiger partial charge in [-0.2, -0.15) is 0 Å². The van der Waals surface area contributed by atoms with Crippen LogP contribution < -0.4 is 4.74 Å². The number of hydrogen-bond acceptors (Lipinski definition) is 2. The first-order valence-electron chi connectivity index (χ1n) is 5.71. The van der Waals surface area contributed by atoms with E-state index < -0.39 is 5.82 Å². The monoisotopic (exact) mass is 278 g/mol. The average molecular weight is 279 g/mol. The maximum absolute atomic E-state index is 13.7. The predicted molar refractivity (Wildman–Crippen MR) is 72.4 cm³/mol. The lowest BCUT2D eigenvalue weighted by Crippen LogP contribution is -2.06. The van der Waals surface area contributed by atoms with Crippen LogP contribution in [0.4, 0.5) is 4.39 Å². The molecule has 0 atom stereocenters. The molecule has 0 radical (unpaired) electrons. The van der Waals surface area contributed by atoms with E-state index in [1.165, 1.54) is 19.2 Å². The summed E-state index contributed by atoms with van der Waals surface area (Å²) in [5, 5.41) is 0.556. The third kappa shape index (κ3) is 3.32. The van der Waals surface area contributed by atoms with Crippen molar-refractivity contribution >= 4 is 17.4 Å².